The summed E-state index contributed by atoms with van der Waals surface area (Å²) in [6.07, 6.45) is 5.05. The predicted octanol–water partition coefficient (Wildman–Crippen LogP) is 0.339. The van der Waals surface area contributed by atoms with E-state index < -0.39 is 0 Å². The van der Waals surface area contributed by atoms with Gasteiger partial charge in [-0.2, -0.15) is 0 Å². The van der Waals surface area contributed by atoms with Gasteiger partial charge in [-0.3, -0.25) is 9.69 Å². The van der Waals surface area contributed by atoms with Crippen LogP contribution in [0, 0.1) is 0 Å². The molecule has 4 nitrogen and oxygen atoms in total. The minimum Gasteiger partial charge on any atom is -0.355 e. The van der Waals surface area contributed by atoms with Gasteiger partial charge in [0.25, 0.3) is 0 Å². The van der Waals surface area contributed by atoms with Gasteiger partial charge in [-0.15, -0.1) is 0 Å². The first-order chi connectivity index (χ1) is 7.81. The van der Waals surface area contributed by atoms with Crippen LogP contribution in [0.1, 0.15) is 32.6 Å². The van der Waals surface area contributed by atoms with Crippen molar-refractivity contribution in [2.45, 2.75) is 44.7 Å². The van der Waals surface area contributed by atoms with Crippen LogP contribution in [0.2, 0.25) is 0 Å². The smallest absolute Gasteiger partial charge is 0.234 e. The molecule has 2 aliphatic heterocycles. The number of carbonyl (C=O) groups excluding carboxylic acids is 1. The number of nitrogens with one attached hydrogen (secondary N) is 2. The van der Waals surface area contributed by atoms with Crippen LogP contribution in [0.5, 0.6) is 0 Å². The molecule has 92 valence electrons. The topological polar surface area (TPSA) is 44.4 Å². The maximum atomic E-state index is 11.6. The molecule has 0 saturated carbocycles. The molecule has 2 saturated heterocycles. The largest absolute Gasteiger partial charge is 0.355 e. The zero-order valence-electron chi connectivity index (χ0n) is 10.2. The standard InChI is InChI=1S/C12H23N3O/c1-2-13-12(16)9-15-8-4-6-11(15)10-5-3-7-14-10/h10-11,14H,2-9H2,1H3,(H,13,16). The Bertz CT molecular complexity index is 238. The van der Waals surface area contributed by atoms with Gasteiger partial charge in [0, 0.05) is 18.6 Å². The van der Waals surface area contributed by atoms with E-state index >= 15 is 0 Å². The Balaban J connectivity index is 1.85. The summed E-state index contributed by atoms with van der Waals surface area (Å²) in [4.78, 5) is 13.9. The van der Waals surface area contributed by atoms with E-state index in [0.29, 0.717) is 18.6 Å². The Morgan fingerprint density at radius 3 is 3.00 bits per heavy atom. The monoisotopic (exact) mass is 225 g/mol. The fourth-order valence-corrected chi connectivity index (χ4v) is 2.98. The molecule has 2 fully saturated rings. The third kappa shape index (κ3) is 2.74. The maximum Gasteiger partial charge on any atom is 0.234 e. The second kappa shape index (κ2) is 5.64. The van der Waals surface area contributed by atoms with Gasteiger partial charge in [-0.25, -0.2) is 0 Å². The highest BCUT2D eigenvalue weighted by molar-refractivity contribution is 5.78. The van der Waals surface area contributed by atoms with Crippen LogP contribution < -0.4 is 10.6 Å². The molecule has 4 heteroatoms. The van der Waals surface area contributed by atoms with Gasteiger partial charge in [-0.05, 0) is 45.7 Å². The summed E-state index contributed by atoms with van der Waals surface area (Å²) in [5.74, 6) is 0.174. The molecule has 1 amide bonds. The maximum absolute atomic E-state index is 11.6. The van der Waals surface area contributed by atoms with Crippen molar-refractivity contribution < 1.29 is 4.79 Å². The second-order valence-electron chi connectivity index (χ2n) is 4.84. The van der Waals surface area contributed by atoms with E-state index in [1.165, 1.54) is 25.7 Å². The molecule has 16 heavy (non-hydrogen) atoms. The lowest BCUT2D eigenvalue weighted by molar-refractivity contribution is -0.122. The Morgan fingerprint density at radius 1 is 1.44 bits per heavy atom. The van der Waals surface area contributed by atoms with Gasteiger partial charge in [-0.1, -0.05) is 0 Å². The van der Waals surface area contributed by atoms with Gasteiger partial charge in [0.1, 0.15) is 0 Å². The number of likely N-dealkylation sites (tertiary alicyclic amines) is 1. The van der Waals surface area contributed by atoms with E-state index in [4.69, 9.17) is 0 Å². The molecule has 0 aromatic rings. The number of nitrogens with zero attached hydrogens (tertiary/aromatic N) is 1. The minimum absolute atomic E-state index is 0.174. The zero-order valence-corrected chi connectivity index (χ0v) is 10.2. The highest BCUT2D eigenvalue weighted by Crippen LogP contribution is 2.24. The normalized spacial score (nSPS) is 30.8. The molecule has 0 aromatic heterocycles. The summed E-state index contributed by atoms with van der Waals surface area (Å²) in [6.45, 7) is 5.52. The highest BCUT2D eigenvalue weighted by Gasteiger charge is 2.33. The summed E-state index contributed by atoms with van der Waals surface area (Å²) < 4.78 is 0. The molecule has 0 aromatic carbocycles. The van der Waals surface area contributed by atoms with Crippen molar-refractivity contribution in [3.05, 3.63) is 0 Å². The number of carbonyl (C=O) groups is 1. The first kappa shape index (κ1) is 11.9. The Kier molecular flexibility index (Phi) is 4.18. The molecule has 0 radical (unpaired) electrons. The van der Waals surface area contributed by atoms with Gasteiger partial charge >= 0.3 is 0 Å². The number of amides is 1. The molecule has 2 N–H and O–H groups in total. The number of hydrogen-bond acceptors (Lipinski definition) is 3. The molecule has 2 atom stereocenters. The van der Waals surface area contributed by atoms with Crippen molar-refractivity contribution in [1.82, 2.24) is 15.5 Å². The lowest BCUT2D eigenvalue weighted by atomic mass is 10.0. The fourth-order valence-electron chi connectivity index (χ4n) is 2.98. The quantitative estimate of drug-likeness (QED) is 0.725. The van der Waals surface area contributed by atoms with E-state index in [9.17, 15) is 4.79 Å². The van der Waals surface area contributed by atoms with Gasteiger partial charge < -0.3 is 10.6 Å². The van der Waals surface area contributed by atoms with Crippen LogP contribution in [0.4, 0.5) is 0 Å². The molecule has 0 aliphatic carbocycles. The van der Waals surface area contributed by atoms with E-state index in [2.05, 4.69) is 15.5 Å². The van der Waals surface area contributed by atoms with Crippen molar-refractivity contribution in [3.8, 4) is 0 Å². The molecule has 2 rings (SSSR count). The number of rotatable bonds is 4. The molecule has 2 unspecified atom stereocenters. The van der Waals surface area contributed by atoms with Crippen molar-refractivity contribution in [2.75, 3.05) is 26.2 Å². The third-order valence-corrected chi connectivity index (χ3v) is 3.70. The number of hydrogen-bond donors (Lipinski definition) is 2. The Morgan fingerprint density at radius 2 is 2.31 bits per heavy atom. The van der Waals surface area contributed by atoms with Crippen LogP contribution in [0.3, 0.4) is 0 Å². The van der Waals surface area contributed by atoms with E-state index in [0.717, 1.165) is 19.6 Å². The van der Waals surface area contributed by atoms with E-state index in [1.807, 2.05) is 6.92 Å². The van der Waals surface area contributed by atoms with Crippen LogP contribution in [0.25, 0.3) is 0 Å². The van der Waals surface area contributed by atoms with E-state index in [1.54, 1.807) is 0 Å². The molecular formula is C12H23N3O. The summed E-state index contributed by atoms with van der Waals surface area (Å²) in [7, 11) is 0. The predicted molar refractivity (Wildman–Crippen MR) is 64.3 cm³/mol. The summed E-state index contributed by atoms with van der Waals surface area (Å²) in [5.41, 5.74) is 0. The van der Waals surface area contributed by atoms with Crippen molar-refractivity contribution in [1.29, 1.82) is 0 Å². The lowest BCUT2D eigenvalue weighted by Crippen LogP contribution is -2.47. The Hall–Kier alpha value is -0.610. The molecule has 0 bridgehead atoms. The van der Waals surface area contributed by atoms with Gasteiger partial charge in [0.2, 0.25) is 5.91 Å². The zero-order chi connectivity index (χ0) is 11.4. The fraction of sp³-hybridized carbons (Fsp3) is 0.917. The van der Waals surface area contributed by atoms with Crippen molar-refractivity contribution >= 4 is 5.91 Å². The van der Waals surface area contributed by atoms with Crippen LogP contribution in [-0.2, 0) is 4.79 Å². The van der Waals surface area contributed by atoms with Crippen molar-refractivity contribution in [2.24, 2.45) is 0 Å². The number of likely N-dealkylation sites (N-methyl/N-ethyl adjacent to an activating group) is 1. The lowest BCUT2D eigenvalue weighted by Gasteiger charge is -2.28. The van der Waals surface area contributed by atoms with E-state index in [-0.39, 0.29) is 5.91 Å². The van der Waals surface area contributed by atoms with Crippen molar-refractivity contribution in [3.63, 3.8) is 0 Å². The average Bonchev–Trinajstić information content (AvgIpc) is 2.86. The minimum atomic E-state index is 0.174. The van der Waals surface area contributed by atoms with Gasteiger partial charge in [0.15, 0.2) is 0 Å². The average molecular weight is 225 g/mol. The Labute approximate surface area is 97.8 Å². The van der Waals surface area contributed by atoms with Gasteiger partial charge in [0.05, 0.1) is 6.54 Å². The first-order valence-corrected chi connectivity index (χ1v) is 6.55. The summed E-state index contributed by atoms with van der Waals surface area (Å²) >= 11 is 0. The summed E-state index contributed by atoms with van der Waals surface area (Å²) in [5, 5.41) is 6.44. The highest BCUT2D eigenvalue weighted by atomic mass is 16.2. The van der Waals surface area contributed by atoms with Crippen LogP contribution in [-0.4, -0.2) is 49.1 Å². The SMILES string of the molecule is CCNC(=O)CN1CCCC1C1CCCN1. The van der Waals surface area contributed by atoms with Crippen LogP contribution >= 0.6 is 0 Å². The molecule has 0 spiro atoms. The molecule has 2 heterocycles. The first-order valence-electron chi connectivity index (χ1n) is 6.55. The second-order valence-corrected chi connectivity index (χ2v) is 4.84. The molecule has 2 aliphatic rings. The molecular weight excluding hydrogens is 202 g/mol. The third-order valence-electron chi connectivity index (χ3n) is 3.70. The van der Waals surface area contributed by atoms with Crippen LogP contribution in [0.15, 0.2) is 0 Å². The summed E-state index contributed by atoms with van der Waals surface area (Å²) in [6, 6.07) is 1.21.